The SMILES string of the molecule is Cc1cccc(N(Cc2ccc(-c3nnc(C(F)F)o3)cn2)S(=O)(=O)C2CCN(C3CCC3)CC2)c1. The summed E-state index contributed by atoms with van der Waals surface area (Å²) < 4.78 is 59.7. The van der Waals surface area contributed by atoms with E-state index in [0.29, 0.717) is 35.8 Å². The Kier molecular flexibility index (Phi) is 7.03. The van der Waals surface area contributed by atoms with E-state index in [9.17, 15) is 17.2 Å². The zero-order chi connectivity index (χ0) is 25.3. The molecule has 1 aromatic carbocycles. The summed E-state index contributed by atoms with van der Waals surface area (Å²) in [7, 11) is -3.66. The molecule has 0 amide bonds. The molecule has 1 aliphatic carbocycles. The Morgan fingerprint density at radius 3 is 2.47 bits per heavy atom. The highest BCUT2D eigenvalue weighted by Gasteiger charge is 2.37. The van der Waals surface area contributed by atoms with E-state index in [0.717, 1.165) is 18.7 Å². The van der Waals surface area contributed by atoms with E-state index in [-0.39, 0.29) is 12.4 Å². The molecule has 2 aliphatic rings. The van der Waals surface area contributed by atoms with Crippen LogP contribution < -0.4 is 4.31 Å². The summed E-state index contributed by atoms with van der Waals surface area (Å²) >= 11 is 0. The van der Waals surface area contributed by atoms with Gasteiger partial charge in [-0.2, -0.15) is 8.78 Å². The van der Waals surface area contributed by atoms with Gasteiger partial charge in [-0.3, -0.25) is 9.29 Å². The molecule has 0 unspecified atom stereocenters. The standard InChI is InChI=1S/C25H29F2N5O3S/c1-17-4-2-7-21(14-17)32(36(33,34)22-10-12-31(13-11-22)20-5-3-6-20)16-19-9-8-18(15-28-19)24-29-30-25(35-24)23(26)27/h2,4,7-9,14-15,20,22-23H,3,5-6,10-13,16H2,1H3. The minimum atomic E-state index is -3.66. The van der Waals surface area contributed by atoms with Gasteiger partial charge in [-0.05, 0) is 75.5 Å². The number of anilines is 1. The third-order valence-electron chi connectivity index (χ3n) is 7.09. The second-order valence-corrected chi connectivity index (χ2v) is 11.6. The van der Waals surface area contributed by atoms with Crippen molar-refractivity contribution in [2.45, 2.75) is 63.3 Å². The highest BCUT2D eigenvalue weighted by Crippen LogP contribution is 2.32. The molecule has 1 saturated carbocycles. The Morgan fingerprint density at radius 1 is 1.11 bits per heavy atom. The summed E-state index contributed by atoms with van der Waals surface area (Å²) in [6.45, 7) is 3.58. The van der Waals surface area contributed by atoms with Crippen molar-refractivity contribution >= 4 is 15.7 Å². The maximum Gasteiger partial charge on any atom is 0.314 e. The number of rotatable bonds is 8. The van der Waals surface area contributed by atoms with Gasteiger partial charge < -0.3 is 9.32 Å². The van der Waals surface area contributed by atoms with Crippen molar-refractivity contribution in [2.75, 3.05) is 17.4 Å². The first kappa shape index (κ1) is 24.8. The first-order valence-corrected chi connectivity index (χ1v) is 13.7. The van der Waals surface area contributed by atoms with Crippen LogP contribution in [0.4, 0.5) is 14.5 Å². The lowest BCUT2D eigenvalue weighted by Gasteiger charge is -2.42. The van der Waals surface area contributed by atoms with Crippen LogP contribution in [0.2, 0.25) is 0 Å². The quantitative estimate of drug-likeness (QED) is 0.426. The molecule has 0 spiro atoms. The molecule has 1 aliphatic heterocycles. The summed E-state index contributed by atoms with van der Waals surface area (Å²) in [6, 6.07) is 11.3. The Balaban J connectivity index is 1.37. The number of aryl methyl sites for hydroxylation is 1. The first-order valence-electron chi connectivity index (χ1n) is 12.2. The number of piperidine rings is 1. The monoisotopic (exact) mass is 517 g/mol. The van der Waals surface area contributed by atoms with Crippen molar-refractivity contribution < 1.29 is 21.6 Å². The molecule has 0 radical (unpaired) electrons. The Labute approximate surface area is 209 Å². The van der Waals surface area contributed by atoms with Crippen LogP contribution >= 0.6 is 0 Å². The van der Waals surface area contributed by atoms with Gasteiger partial charge in [0.25, 0.3) is 5.89 Å². The van der Waals surface area contributed by atoms with Crippen molar-refractivity contribution in [1.82, 2.24) is 20.1 Å². The van der Waals surface area contributed by atoms with Crippen LogP contribution in [-0.4, -0.2) is 52.9 Å². The summed E-state index contributed by atoms with van der Waals surface area (Å²) in [5.74, 6) is -0.820. The van der Waals surface area contributed by atoms with E-state index < -0.39 is 27.6 Å². The van der Waals surface area contributed by atoms with Gasteiger partial charge in [-0.25, -0.2) is 8.42 Å². The molecule has 3 aromatic rings. The normalized spacial score (nSPS) is 17.9. The number of sulfonamides is 1. The third-order valence-corrected chi connectivity index (χ3v) is 9.36. The molecule has 8 nitrogen and oxygen atoms in total. The van der Waals surface area contributed by atoms with Crippen molar-refractivity contribution in [1.29, 1.82) is 0 Å². The van der Waals surface area contributed by atoms with Gasteiger partial charge in [0, 0.05) is 12.2 Å². The first-order chi connectivity index (χ1) is 17.3. The number of halogens is 2. The molecule has 0 bridgehead atoms. The van der Waals surface area contributed by atoms with E-state index >= 15 is 0 Å². The molecule has 0 N–H and O–H groups in total. The number of likely N-dealkylation sites (tertiary alicyclic amines) is 1. The van der Waals surface area contributed by atoms with Crippen LogP contribution in [0.15, 0.2) is 47.0 Å². The number of hydrogen-bond donors (Lipinski definition) is 0. The Morgan fingerprint density at radius 2 is 1.89 bits per heavy atom. The highest BCUT2D eigenvalue weighted by atomic mass is 32.2. The van der Waals surface area contributed by atoms with Crippen molar-refractivity contribution in [3.63, 3.8) is 0 Å². The van der Waals surface area contributed by atoms with E-state index in [1.165, 1.54) is 29.8 Å². The number of benzene rings is 1. The Hall–Kier alpha value is -2.92. The van der Waals surface area contributed by atoms with Gasteiger partial charge in [0.2, 0.25) is 15.9 Å². The predicted octanol–water partition coefficient (Wildman–Crippen LogP) is 4.73. The number of aromatic nitrogens is 3. The average Bonchev–Trinajstić information content (AvgIpc) is 3.33. The second-order valence-electron chi connectivity index (χ2n) is 9.50. The lowest BCUT2D eigenvalue weighted by Crippen LogP contribution is -2.49. The van der Waals surface area contributed by atoms with E-state index in [2.05, 4.69) is 20.1 Å². The summed E-state index contributed by atoms with van der Waals surface area (Å²) in [6.07, 6.45) is 3.47. The van der Waals surface area contributed by atoms with Crippen LogP contribution in [0.1, 0.15) is 55.7 Å². The molecular weight excluding hydrogens is 488 g/mol. The molecule has 11 heteroatoms. The minimum Gasteiger partial charge on any atom is -0.415 e. The minimum absolute atomic E-state index is 0.0566. The van der Waals surface area contributed by atoms with Gasteiger partial charge >= 0.3 is 6.43 Å². The number of nitrogens with zero attached hydrogens (tertiary/aromatic N) is 5. The van der Waals surface area contributed by atoms with Crippen LogP contribution in [-0.2, 0) is 16.6 Å². The zero-order valence-electron chi connectivity index (χ0n) is 20.1. The highest BCUT2D eigenvalue weighted by molar-refractivity contribution is 7.93. The fourth-order valence-electron chi connectivity index (χ4n) is 4.81. The van der Waals surface area contributed by atoms with Crippen LogP contribution in [0, 0.1) is 6.92 Å². The van der Waals surface area contributed by atoms with Gasteiger partial charge in [0.1, 0.15) is 0 Å². The van der Waals surface area contributed by atoms with Gasteiger partial charge in [-0.1, -0.05) is 18.6 Å². The maximum absolute atomic E-state index is 13.9. The molecule has 3 heterocycles. The Bertz CT molecular complexity index is 1290. The van der Waals surface area contributed by atoms with Crippen LogP contribution in [0.3, 0.4) is 0 Å². The molecule has 2 aromatic heterocycles. The molecule has 192 valence electrons. The molecule has 2 fully saturated rings. The third kappa shape index (κ3) is 5.12. The lowest BCUT2D eigenvalue weighted by atomic mass is 9.90. The zero-order valence-corrected chi connectivity index (χ0v) is 20.9. The predicted molar refractivity (Wildman–Crippen MR) is 131 cm³/mol. The average molecular weight is 518 g/mol. The lowest BCUT2D eigenvalue weighted by molar-refractivity contribution is 0.106. The molecule has 1 saturated heterocycles. The number of pyridine rings is 1. The van der Waals surface area contributed by atoms with E-state index in [4.69, 9.17) is 4.42 Å². The van der Waals surface area contributed by atoms with Crippen molar-refractivity contribution in [3.05, 3.63) is 59.7 Å². The summed E-state index contributed by atoms with van der Waals surface area (Å²) in [5.41, 5.74) is 2.46. The van der Waals surface area contributed by atoms with Gasteiger partial charge in [0.05, 0.1) is 28.7 Å². The fraction of sp³-hybridized carbons (Fsp3) is 0.480. The summed E-state index contributed by atoms with van der Waals surface area (Å²) in [4.78, 5) is 6.81. The van der Waals surface area contributed by atoms with E-state index in [1.54, 1.807) is 18.2 Å². The van der Waals surface area contributed by atoms with Crippen LogP contribution in [0.5, 0.6) is 0 Å². The molecule has 0 atom stereocenters. The maximum atomic E-state index is 13.9. The fourth-order valence-corrected chi connectivity index (χ4v) is 6.70. The molecular formula is C25H29F2N5O3S. The smallest absolute Gasteiger partial charge is 0.314 e. The van der Waals surface area contributed by atoms with Crippen molar-refractivity contribution in [3.8, 4) is 11.5 Å². The number of hydrogen-bond acceptors (Lipinski definition) is 7. The van der Waals surface area contributed by atoms with Gasteiger partial charge in [0.15, 0.2) is 0 Å². The molecule has 5 rings (SSSR count). The van der Waals surface area contributed by atoms with E-state index in [1.807, 2.05) is 25.1 Å². The second kappa shape index (κ2) is 10.2. The van der Waals surface area contributed by atoms with Gasteiger partial charge in [-0.15, -0.1) is 10.2 Å². The van der Waals surface area contributed by atoms with Crippen molar-refractivity contribution in [2.24, 2.45) is 0 Å². The number of alkyl halides is 2. The largest absolute Gasteiger partial charge is 0.415 e. The molecule has 36 heavy (non-hydrogen) atoms. The van der Waals surface area contributed by atoms with Crippen LogP contribution in [0.25, 0.3) is 11.5 Å². The summed E-state index contributed by atoms with van der Waals surface area (Å²) in [5, 5.41) is 6.51. The topological polar surface area (TPSA) is 92.4 Å².